The van der Waals surface area contributed by atoms with Gasteiger partial charge in [0.25, 0.3) is 0 Å². The first-order valence-electron chi connectivity index (χ1n) is 1.05. The standard InChI is InChI=1S/HN5.Na.5H2O.H/c1-2-4-5-3-1;;;;;;;/h(H,1,2,3,4,5);;5*1H2;. The number of hydrogen-bond acceptors (Lipinski definition) is 4. The van der Waals surface area contributed by atoms with Gasteiger partial charge in [0.05, 0.1) is 0 Å². The second-order valence-corrected chi connectivity index (χ2v) is 0.479. The fourth-order valence-corrected chi connectivity index (χ4v) is 0.100. The Morgan fingerprint density at radius 1 is 0.636 bits per heavy atom. The Labute approximate surface area is 83.2 Å². The van der Waals surface area contributed by atoms with Gasteiger partial charge in [-0.15, -0.1) is 0 Å². The second kappa shape index (κ2) is 32.9. The average Bonchev–Trinajstić information content (AvgIpc) is 1.76. The van der Waals surface area contributed by atoms with Crippen molar-refractivity contribution in [3.8, 4) is 0 Å². The van der Waals surface area contributed by atoms with Gasteiger partial charge in [-0.05, 0) is 20.9 Å². The van der Waals surface area contributed by atoms with E-state index < -0.39 is 0 Å². The van der Waals surface area contributed by atoms with Gasteiger partial charge in [-0.3, -0.25) is 0 Å². The number of nitrogens with zero attached hydrogens (tertiary/aromatic N) is 4. The van der Waals surface area contributed by atoms with Crippen LogP contribution in [-0.4, -0.2) is 83.0 Å². The van der Waals surface area contributed by atoms with Crippen molar-refractivity contribution >= 4 is 29.6 Å². The van der Waals surface area contributed by atoms with Crippen LogP contribution < -0.4 is 0 Å². The first-order chi connectivity index (χ1) is 2.50. The molecule has 0 fully saturated rings. The van der Waals surface area contributed by atoms with Crippen molar-refractivity contribution in [1.82, 2.24) is 26.1 Å². The third-order valence-corrected chi connectivity index (χ3v) is 0.219. The van der Waals surface area contributed by atoms with Gasteiger partial charge in [0, 0.05) is 0 Å². The van der Waals surface area contributed by atoms with E-state index >= 15 is 0 Å². The molecular weight excluding hydrogens is 173 g/mol. The maximum Gasteiger partial charge on any atom is -0.00217 e. The molecule has 11 heavy (non-hydrogen) atoms. The van der Waals surface area contributed by atoms with Gasteiger partial charge in [0.15, 0.2) is 0 Å². The Balaban J connectivity index is -0.0000000104. The molecule has 0 saturated heterocycles. The maximum atomic E-state index is 3.12. The molecule has 11 N–H and O–H groups in total. The summed E-state index contributed by atoms with van der Waals surface area (Å²) in [6.45, 7) is 0. The second-order valence-electron chi connectivity index (χ2n) is 0.479. The minimum Gasteiger partial charge on any atom is -0.157 e. The fraction of sp³-hybridized carbons (Fsp3) is 0. The van der Waals surface area contributed by atoms with Crippen molar-refractivity contribution in [2.75, 3.05) is 0 Å². The summed E-state index contributed by atoms with van der Waals surface area (Å²) in [6, 6.07) is 0. The zero-order chi connectivity index (χ0) is 3.54. The third-order valence-electron chi connectivity index (χ3n) is 0.219. The minimum absolute atomic E-state index is 0. The van der Waals surface area contributed by atoms with Crippen molar-refractivity contribution in [3.63, 3.8) is 0 Å². The van der Waals surface area contributed by atoms with Crippen LogP contribution in [0.3, 0.4) is 0 Å². The van der Waals surface area contributed by atoms with Crippen LogP contribution in [0.15, 0.2) is 0 Å². The number of H-pyrrole nitrogens is 1. The molecule has 0 amide bonds. The molecule has 1 aromatic rings. The van der Waals surface area contributed by atoms with Crippen LogP contribution in [0.2, 0.25) is 0 Å². The molecular formula is H12N5NaO5. The van der Waals surface area contributed by atoms with Crippen LogP contribution >= 0.6 is 0 Å². The van der Waals surface area contributed by atoms with Gasteiger partial charge in [-0.25, -0.2) is 0 Å². The van der Waals surface area contributed by atoms with Crippen LogP contribution in [-0.2, 0) is 0 Å². The summed E-state index contributed by atoms with van der Waals surface area (Å²) in [5.41, 5.74) is 0. The summed E-state index contributed by atoms with van der Waals surface area (Å²) >= 11 is 0. The third kappa shape index (κ3) is 25.9. The first kappa shape index (κ1) is 45.0. The molecule has 0 unspecified atom stereocenters. The molecule has 0 atom stereocenters. The number of nitrogens with one attached hydrogen (secondary N) is 1. The molecule has 0 radical (unpaired) electrons. The van der Waals surface area contributed by atoms with Crippen molar-refractivity contribution in [1.29, 1.82) is 0 Å². The Kier molecular flexibility index (Phi) is 135. The topological polar surface area (TPSA) is 225 Å². The minimum atomic E-state index is 0. The van der Waals surface area contributed by atoms with E-state index in [1.165, 1.54) is 0 Å². The van der Waals surface area contributed by atoms with E-state index in [-0.39, 0.29) is 56.9 Å². The van der Waals surface area contributed by atoms with Crippen LogP contribution in [0.5, 0.6) is 0 Å². The van der Waals surface area contributed by atoms with Crippen molar-refractivity contribution in [2.45, 2.75) is 0 Å². The van der Waals surface area contributed by atoms with Gasteiger partial charge >= 0.3 is 29.6 Å². The Hall–Kier alpha value is -0.200. The molecule has 0 aliphatic rings. The van der Waals surface area contributed by atoms with Gasteiger partial charge in [0.1, 0.15) is 0 Å². The van der Waals surface area contributed by atoms with Crippen molar-refractivity contribution < 1.29 is 27.4 Å². The van der Waals surface area contributed by atoms with Crippen LogP contribution in [0.25, 0.3) is 0 Å². The van der Waals surface area contributed by atoms with Crippen LogP contribution in [0, 0.1) is 0 Å². The maximum absolute atomic E-state index is 3.12. The van der Waals surface area contributed by atoms with E-state index in [0.29, 0.717) is 0 Å². The van der Waals surface area contributed by atoms with E-state index in [2.05, 4.69) is 26.1 Å². The summed E-state index contributed by atoms with van der Waals surface area (Å²) in [5, 5.41) is 14.5. The SMILES string of the molecule is O.O.O.O.O.[NaH].n1nn[nH]n1. The molecule has 1 aromatic heterocycles. The first-order valence-corrected chi connectivity index (χ1v) is 1.05. The Morgan fingerprint density at radius 2 is 0.909 bits per heavy atom. The molecule has 0 spiro atoms. The molecule has 11 heteroatoms. The monoisotopic (exact) mass is 185 g/mol. The van der Waals surface area contributed by atoms with Crippen molar-refractivity contribution in [2.24, 2.45) is 0 Å². The Morgan fingerprint density at radius 3 is 1.00 bits per heavy atom. The number of aromatic nitrogens is 5. The zero-order valence-corrected chi connectivity index (χ0v) is 4.79. The number of hydrogen-bond donors (Lipinski definition) is 1. The number of rotatable bonds is 0. The van der Waals surface area contributed by atoms with E-state index in [4.69, 9.17) is 0 Å². The van der Waals surface area contributed by atoms with Gasteiger partial charge < -0.3 is 27.4 Å². The molecule has 0 aromatic carbocycles. The van der Waals surface area contributed by atoms with Crippen LogP contribution in [0.4, 0.5) is 0 Å². The summed E-state index contributed by atoms with van der Waals surface area (Å²) in [6.07, 6.45) is 0. The summed E-state index contributed by atoms with van der Waals surface area (Å²) in [7, 11) is 0. The van der Waals surface area contributed by atoms with E-state index in [0.717, 1.165) is 0 Å². The van der Waals surface area contributed by atoms with Gasteiger partial charge in [-0.1, -0.05) is 0 Å². The van der Waals surface area contributed by atoms with Crippen molar-refractivity contribution in [3.05, 3.63) is 0 Å². The van der Waals surface area contributed by atoms with Gasteiger partial charge in [0.2, 0.25) is 0 Å². The van der Waals surface area contributed by atoms with Crippen LogP contribution in [0.1, 0.15) is 0 Å². The molecule has 0 saturated carbocycles. The van der Waals surface area contributed by atoms with E-state index in [9.17, 15) is 0 Å². The van der Waals surface area contributed by atoms with E-state index in [1.807, 2.05) is 0 Å². The van der Waals surface area contributed by atoms with Gasteiger partial charge in [-0.2, -0.15) is 5.21 Å². The largest absolute Gasteiger partial charge is 0.157 e. The predicted octanol–water partition coefficient (Wildman–Crippen LogP) is -6.18. The van der Waals surface area contributed by atoms with E-state index in [1.54, 1.807) is 0 Å². The Bertz CT molecular complexity index is 71.3. The smallest absolute Gasteiger partial charge is 0.00217 e. The molecule has 0 bridgehead atoms. The zero-order valence-electron chi connectivity index (χ0n) is 4.79. The predicted molar refractivity (Wildman–Crippen MR) is 37.2 cm³/mol. The quantitative estimate of drug-likeness (QED) is 0.388. The molecule has 10 nitrogen and oxygen atoms in total. The average molecular weight is 185 g/mol. The molecule has 1 rings (SSSR count). The molecule has 0 aliphatic heterocycles. The summed E-state index contributed by atoms with van der Waals surface area (Å²) < 4.78 is 0. The molecule has 1 heterocycles. The summed E-state index contributed by atoms with van der Waals surface area (Å²) in [5.74, 6) is 0. The summed E-state index contributed by atoms with van der Waals surface area (Å²) in [4.78, 5) is 0. The molecule has 68 valence electrons. The normalized spacial score (nSPS) is 3.64. The number of aromatic amines is 1. The fourth-order valence-electron chi connectivity index (χ4n) is 0.100. The molecule has 0 aliphatic carbocycles.